The SMILES string of the molecule is CN(Cc1cn[nH]c1-c1ccc(F)cc1)C(=O)CCN1CCCCO1. The molecule has 25 heavy (non-hydrogen) atoms. The monoisotopic (exact) mass is 346 g/mol. The lowest BCUT2D eigenvalue weighted by molar-refractivity contribution is -0.182. The van der Waals surface area contributed by atoms with Crippen molar-refractivity contribution in [2.24, 2.45) is 0 Å². The van der Waals surface area contributed by atoms with Gasteiger partial charge in [0, 0.05) is 44.2 Å². The molecule has 3 rings (SSSR count). The summed E-state index contributed by atoms with van der Waals surface area (Å²) in [7, 11) is 1.78. The molecule has 0 saturated carbocycles. The molecule has 1 aromatic heterocycles. The van der Waals surface area contributed by atoms with Gasteiger partial charge < -0.3 is 4.90 Å². The van der Waals surface area contributed by atoms with Crippen LogP contribution < -0.4 is 0 Å². The van der Waals surface area contributed by atoms with Crippen LogP contribution in [-0.4, -0.2) is 52.8 Å². The fourth-order valence-corrected chi connectivity index (χ4v) is 2.88. The van der Waals surface area contributed by atoms with E-state index in [1.54, 1.807) is 30.3 Å². The molecule has 1 saturated heterocycles. The third-order valence-corrected chi connectivity index (χ3v) is 4.33. The highest BCUT2D eigenvalue weighted by atomic mass is 19.1. The molecule has 0 spiro atoms. The highest BCUT2D eigenvalue weighted by Crippen LogP contribution is 2.22. The van der Waals surface area contributed by atoms with E-state index < -0.39 is 0 Å². The van der Waals surface area contributed by atoms with Crippen LogP contribution >= 0.6 is 0 Å². The molecule has 1 aromatic carbocycles. The van der Waals surface area contributed by atoms with Crippen molar-refractivity contribution in [3.05, 3.63) is 41.8 Å². The second kappa shape index (κ2) is 8.22. The van der Waals surface area contributed by atoms with Crippen molar-refractivity contribution in [1.82, 2.24) is 20.2 Å². The number of aromatic amines is 1. The maximum Gasteiger partial charge on any atom is 0.223 e. The Labute approximate surface area is 146 Å². The van der Waals surface area contributed by atoms with E-state index in [9.17, 15) is 9.18 Å². The molecule has 0 bridgehead atoms. The molecule has 0 aliphatic carbocycles. The number of rotatable bonds is 6. The smallest absolute Gasteiger partial charge is 0.223 e. The van der Waals surface area contributed by atoms with E-state index in [-0.39, 0.29) is 11.7 Å². The second-order valence-corrected chi connectivity index (χ2v) is 6.25. The standard InChI is InChI=1S/C18H23FN4O2/c1-22(17(24)8-10-23-9-2-3-11-25-23)13-15-12-20-21-18(15)14-4-6-16(19)7-5-14/h4-7,12H,2-3,8-11,13H2,1H3,(H,20,21). The van der Waals surface area contributed by atoms with Crippen LogP contribution in [0, 0.1) is 5.82 Å². The van der Waals surface area contributed by atoms with Gasteiger partial charge in [0.05, 0.1) is 18.5 Å². The van der Waals surface area contributed by atoms with Crippen molar-refractivity contribution in [3.63, 3.8) is 0 Å². The number of H-pyrrole nitrogens is 1. The van der Waals surface area contributed by atoms with E-state index in [0.717, 1.165) is 42.8 Å². The largest absolute Gasteiger partial charge is 0.341 e. The first kappa shape index (κ1) is 17.6. The topological polar surface area (TPSA) is 61.5 Å². The van der Waals surface area contributed by atoms with Crippen LogP contribution in [0.25, 0.3) is 11.3 Å². The van der Waals surface area contributed by atoms with Gasteiger partial charge in [0.1, 0.15) is 5.82 Å². The fourth-order valence-electron chi connectivity index (χ4n) is 2.88. The van der Waals surface area contributed by atoms with Gasteiger partial charge in [0.25, 0.3) is 0 Å². The van der Waals surface area contributed by atoms with Gasteiger partial charge in [-0.25, -0.2) is 4.39 Å². The summed E-state index contributed by atoms with van der Waals surface area (Å²) in [5, 5.41) is 8.87. The number of carbonyl (C=O) groups excluding carboxylic acids is 1. The summed E-state index contributed by atoms with van der Waals surface area (Å²) in [6.07, 6.45) is 4.31. The molecule has 7 heteroatoms. The van der Waals surface area contributed by atoms with Crippen LogP contribution in [0.5, 0.6) is 0 Å². The molecule has 2 aromatic rings. The summed E-state index contributed by atoms with van der Waals surface area (Å²) in [4.78, 5) is 19.6. The summed E-state index contributed by atoms with van der Waals surface area (Å²) in [6.45, 7) is 2.68. The van der Waals surface area contributed by atoms with Crippen molar-refractivity contribution in [2.75, 3.05) is 26.7 Å². The van der Waals surface area contributed by atoms with Crippen LogP contribution in [0.2, 0.25) is 0 Å². The summed E-state index contributed by atoms with van der Waals surface area (Å²) >= 11 is 0. The number of carbonyl (C=O) groups is 1. The minimum atomic E-state index is -0.281. The van der Waals surface area contributed by atoms with Crippen molar-refractivity contribution < 1.29 is 14.0 Å². The summed E-state index contributed by atoms with van der Waals surface area (Å²) in [5.41, 5.74) is 2.55. The molecule has 134 valence electrons. The normalized spacial score (nSPS) is 15.3. The van der Waals surface area contributed by atoms with Gasteiger partial charge >= 0.3 is 0 Å². The Morgan fingerprint density at radius 1 is 1.36 bits per heavy atom. The Hall–Kier alpha value is -2.25. The maximum absolute atomic E-state index is 13.1. The first-order valence-electron chi connectivity index (χ1n) is 8.53. The Kier molecular flexibility index (Phi) is 5.78. The zero-order valence-electron chi connectivity index (χ0n) is 14.4. The highest BCUT2D eigenvalue weighted by Gasteiger charge is 2.17. The molecule has 0 unspecified atom stereocenters. The molecular formula is C18H23FN4O2. The van der Waals surface area contributed by atoms with Crippen LogP contribution in [-0.2, 0) is 16.2 Å². The molecule has 0 radical (unpaired) electrons. The van der Waals surface area contributed by atoms with E-state index in [1.165, 1.54) is 12.1 Å². The van der Waals surface area contributed by atoms with Crippen LogP contribution in [0.3, 0.4) is 0 Å². The number of hydrogen-bond acceptors (Lipinski definition) is 4. The highest BCUT2D eigenvalue weighted by molar-refractivity contribution is 5.76. The molecule has 1 aliphatic heterocycles. The van der Waals surface area contributed by atoms with Crippen molar-refractivity contribution >= 4 is 5.91 Å². The Balaban J connectivity index is 1.57. The first-order valence-corrected chi connectivity index (χ1v) is 8.53. The van der Waals surface area contributed by atoms with E-state index in [1.807, 2.05) is 5.06 Å². The van der Waals surface area contributed by atoms with Gasteiger partial charge in [-0.05, 0) is 37.1 Å². The molecule has 1 amide bonds. The number of benzene rings is 1. The number of nitrogens with one attached hydrogen (secondary N) is 1. The number of hydrogen-bond donors (Lipinski definition) is 1. The second-order valence-electron chi connectivity index (χ2n) is 6.25. The average Bonchev–Trinajstić information content (AvgIpc) is 3.09. The lowest BCUT2D eigenvalue weighted by atomic mass is 10.1. The quantitative estimate of drug-likeness (QED) is 0.873. The van der Waals surface area contributed by atoms with Gasteiger partial charge in [0.15, 0.2) is 0 Å². The van der Waals surface area contributed by atoms with Gasteiger partial charge in [-0.1, -0.05) is 0 Å². The predicted octanol–water partition coefficient (Wildman–Crippen LogP) is 2.59. The molecule has 2 heterocycles. The lowest BCUT2D eigenvalue weighted by Crippen LogP contribution is -2.35. The van der Waals surface area contributed by atoms with Gasteiger partial charge in [-0.3, -0.25) is 14.7 Å². The van der Waals surface area contributed by atoms with E-state index in [2.05, 4.69) is 10.2 Å². The zero-order valence-corrected chi connectivity index (χ0v) is 14.4. The number of amides is 1. The molecule has 1 N–H and O–H groups in total. The minimum Gasteiger partial charge on any atom is -0.341 e. The molecule has 6 nitrogen and oxygen atoms in total. The Morgan fingerprint density at radius 2 is 2.16 bits per heavy atom. The van der Waals surface area contributed by atoms with Crippen molar-refractivity contribution in [1.29, 1.82) is 0 Å². The molecule has 0 atom stereocenters. The van der Waals surface area contributed by atoms with E-state index >= 15 is 0 Å². The number of aromatic nitrogens is 2. The van der Waals surface area contributed by atoms with Crippen LogP contribution in [0.15, 0.2) is 30.5 Å². The summed E-state index contributed by atoms with van der Waals surface area (Å²) in [6, 6.07) is 6.21. The average molecular weight is 346 g/mol. The molecule has 1 fully saturated rings. The first-order chi connectivity index (χ1) is 12.1. The van der Waals surface area contributed by atoms with Crippen LogP contribution in [0.4, 0.5) is 4.39 Å². The van der Waals surface area contributed by atoms with Crippen molar-refractivity contribution in [2.45, 2.75) is 25.8 Å². The van der Waals surface area contributed by atoms with Gasteiger partial charge in [-0.2, -0.15) is 10.2 Å². The zero-order chi connectivity index (χ0) is 17.6. The Bertz CT molecular complexity index is 695. The van der Waals surface area contributed by atoms with E-state index in [4.69, 9.17) is 4.84 Å². The lowest BCUT2D eigenvalue weighted by Gasteiger charge is -2.26. The van der Waals surface area contributed by atoms with Gasteiger partial charge in [-0.15, -0.1) is 0 Å². The predicted molar refractivity (Wildman–Crippen MR) is 91.8 cm³/mol. The Morgan fingerprint density at radius 3 is 2.88 bits per heavy atom. The molecule has 1 aliphatic rings. The number of nitrogens with zero attached hydrogens (tertiary/aromatic N) is 3. The third kappa shape index (κ3) is 4.64. The van der Waals surface area contributed by atoms with Gasteiger partial charge in [0.2, 0.25) is 5.91 Å². The van der Waals surface area contributed by atoms with E-state index in [0.29, 0.717) is 19.5 Å². The minimum absolute atomic E-state index is 0.0560. The maximum atomic E-state index is 13.1. The molecular weight excluding hydrogens is 323 g/mol. The third-order valence-electron chi connectivity index (χ3n) is 4.33. The summed E-state index contributed by atoms with van der Waals surface area (Å²) < 4.78 is 13.1. The fraction of sp³-hybridized carbons (Fsp3) is 0.444. The number of halogens is 1. The number of hydroxylamine groups is 2. The van der Waals surface area contributed by atoms with Crippen LogP contribution in [0.1, 0.15) is 24.8 Å². The summed E-state index contributed by atoms with van der Waals surface area (Å²) in [5.74, 6) is -0.225. The van der Waals surface area contributed by atoms with Crippen molar-refractivity contribution in [3.8, 4) is 11.3 Å².